The molecule has 9 heteroatoms. The molecule has 0 saturated carbocycles. The SMILES string of the molecule is CCOC(=O)[C@@H](OC(C)(C)C)c1c(C)cc2nc(-c3ccc4c(c3)c(C3=CCN(C)CC3)nn4C)sc2c1-c1ccc(Cl)cc1. The first-order valence-electron chi connectivity index (χ1n) is 15.3. The second kappa shape index (κ2) is 12.3. The van der Waals surface area contributed by atoms with Gasteiger partial charge in [-0.2, -0.15) is 5.10 Å². The number of ether oxygens (including phenoxy) is 2. The monoisotopic (exact) mass is 642 g/mol. The van der Waals surface area contributed by atoms with E-state index in [1.807, 2.05) is 70.6 Å². The second-order valence-corrected chi connectivity index (χ2v) is 14.1. The van der Waals surface area contributed by atoms with E-state index in [4.69, 9.17) is 31.2 Å². The maximum absolute atomic E-state index is 13.5. The van der Waals surface area contributed by atoms with E-state index in [1.165, 1.54) is 5.57 Å². The molecule has 1 aliphatic heterocycles. The van der Waals surface area contributed by atoms with Crippen molar-refractivity contribution >= 4 is 55.6 Å². The van der Waals surface area contributed by atoms with E-state index in [2.05, 4.69) is 42.3 Å². The second-order valence-electron chi connectivity index (χ2n) is 12.7. The van der Waals surface area contributed by atoms with Crippen molar-refractivity contribution in [2.75, 3.05) is 26.7 Å². The molecule has 45 heavy (non-hydrogen) atoms. The Labute approximate surface area is 273 Å². The van der Waals surface area contributed by atoms with Crippen LogP contribution in [-0.2, 0) is 21.3 Å². The van der Waals surface area contributed by atoms with Crippen LogP contribution in [0.25, 0.3) is 48.4 Å². The molecule has 5 aromatic rings. The van der Waals surface area contributed by atoms with Gasteiger partial charge in [0.05, 0.1) is 33.6 Å². The summed E-state index contributed by atoms with van der Waals surface area (Å²) in [7, 11) is 4.14. The predicted octanol–water partition coefficient (Wildman–Crippen LogP) is 8.62. The van der Waals surface area contributed by atoms with Gasteiger partial charge >= 0.3 is 5.97 Å². The summed E-state index contributed by atoms with van der Waals surface area (Å²) in [5.41, 5.74) is 8.26. The lowest BCUT2D eigenvalue weighted by Gasteiger charge is -2.29. The molecule has 6 rings (SSSR count). The third-order valence-electron chi connectivity index (χ3n) is 8.11. The zero-order valence-corrected chi connectivity index (χ0v) is 28.5. The molecular weight excluding hydrogens is 604 g/mol. The van der Waals surface area contributed by atoms with E-state index in [0.717, 1.165) is 79.1 Å². The van der Waals surface area contributed by atoms with Crippen LogP contribution in [0.4, 0.5) is 0 Å². The zero-order chi connectivity index (χ0) is 32.0. The van der Waals surface area contributed by atoms with Crippen molar-refractivity contribution in [2.45, 2.75) is 52.7 Å². The van der Waals surface area contributed by atoms with Crippen molar-refractivity contribution in [2.24, 2.45) is 7.05 Å². The standard InChI is InChI=1S/C36H39ClN4O3S/c1-8-43-35(42)32(44-36(3,4)5)29-21(2)19-27-33(30(29)22-9-12-25(37)13-10-22)45-34(38-27)24-11-14-28-26(20-24)31(39-41(28)7)23-15-17-40(6)18-16-23/h9-15,19-20,32H,8,16-18H2,1-7H3/t32-/m0/s1. The van der Waals surface area contributed by atoms with Crippen LogP contribution in [0.2, 0.25) is 5.02 Å². The first-order chi connectivity index (χ1) is 21.4. The molecule has 7 nitrogen and oxygen atoms in total. The third-order valence-corrected chi connectivity index (χ3v) is 9.50. The minimum Gasteiger partial charge on any atom is -0.464 e. The van der Waals surface area contributed by atoms with Crippen molar-refractivity contribution < 1.29 is 14.3 Å². The first-order valence-corrected chi connectivity index (χ1v) is 16.5. The first kappa shape index (κ1) is 31.4. The highest BCUT2D eigenvalue weighted by Gasteiger charge is 2.33. The van der Waals surface area contributed by atoms with Gasteiger partial charge in [0, 0.05) is 47.2 Å². The number of hydrogen-bond donors (Lipinski definition) is 0. The van der Waals surface area contributed by atoms with Crippen molar-refractivity contribution in [1.29, 1.82) is 0 Å². The van der Waals surface area contributed by atoms with Crippen LogP contribution in [0.1, 0.15) is 57.0 Å². The highest BCUT2D eigenvalue weighted by atomic mass is 35.5. The Morgan fingerprint density at radius 3 is 2.49 bits per heavy atom. The maximum Gasteiger partial charge on any atom is 0.339 e. The smallest absolute Gasteiger partial charge is 0.339 e. The van der Waals surface area contributed by atoms with Crippen LogP contribution in [0.3, 0.4) is 0 Å². The minimum atomic E-state index is -0.914. The molecular formula is C36H39ClN4O3S. The van der Waals surface area contributed by atoms with E-state index < -0.39 is 17.7 Å². The predicted molar refractivity (Wildman–Crippen MR) is 185 cm³/mol. The van der Waals surface area contributed by atoms with Gasteiger partial charge in [0.25, 0.3) is 0 Å². The van der Waals surface area contributed by atoms with Crippen LogP contribution in [-0.4, -0.2) is 58.0 Å². The lowest BCUT2D eigenvalue weighted by atomic mass is 9.91. The number of benzene rings is 3. The molecule has 234 valence electrons. The van der Waals surface area contributed by atoms with E-state index in [1.54, 1.807) is 11.3 Å². The van der Waals surface area contributed by atoms with Gasteiger partial charge in [-0.05, 0) is 101 Å². The zero-order valence-electron chi connectivity index (χ0n) is 26.9. The van der Waals surface area contributed by atoms with Gasteiger partial charge < -0.3 is 14.4 Å². The molecule has 2 aromatic heterocycles. The van der Waals surface area contributed by atoms with Crippen LogP contribution >= 0.6 is 22.9 Å². The molecule has 0 aliphatic carbocycles. The molecule has 0 N–H and O–H groups in total. The van der Waals surface area contributed by atoms with E-state index >= 15 is 0 Å². The van der Waals surface area contributed by atoms with Crippen molar-refractivity contribution in [1.82, 2.24) is 19.7 Å². The fraction of sp³-hybridized carbons (Fsp3) is 0.361. The molecule has 0 amide bonds. The fourth-order valence-electron chi connectivity index (χ4n) is 5.99. The third kappa shape index (κ3) is 6.29. The number of hydrogen-bond acceptors (Lipinski definition) is 7. The maximum atomic E-state index is 13.5. The normalized spacial score (nSPS) is 15.1. The minimum absolute atomic E-state index is 0.261. The number of fused-ring (bicyclic) bond motifs is 2. The van der Waals surface area contributed by atoms with Gasteiger partial charge in [0.15, 0.2) is 6.10 Å². The van der Waals surface area contributed by atoms with E-state index in [9.17, 15) is 4.79 Å². The molecule has 1 atom stereocenters. The van der Waals surface area contributed by atoms with E-state index in [-0.39, 0.29) is 6.61 Å². The number of esters is 1. The number of thiazole rings is 1. The Morgan fingerprint density at radius 2 is 1.82 bits per heavy atom. The molecule has 0 radical (unpaired) electrons. The van der Waals surface area contributed by atoms with Gasteiger partial charge in [0.2, 0.25) is 0 Å². The Bertz CT molecular complexity index is 1930. The number of aromatic nitrogens is 3. The molecule has 0 spiro atoms. The summed E-state index contributed by atoms with van der Waals surface area (Å²) in [5.74, 6) is -0.410. The number of carbonyl (C=O) groups is 1. The molecule has 3 heterocycles. The lowest BCUT2D eigenvalue weighted by molar-refractivity contribution is -0.166. The van der Waals surface area contributed by atoms with Crippen molar-refractivity contribution in [3.8, 4) is 21.7 Å². The summed E-state index contributed by atoms with van der Waals surface area (Å²) in [5, 5.41) is 7.59. The average Bonchev–Trinajstić information content (AvgIpc) is 3.56. The summed E-state index contributed by atoms with van der Waals surface area (Å²) in [6, 6.07) is 16.2. The summed E-state index contributed by atoms with van der Waals surface area (Å²) >= 11 is 7.93. The van der Waals surface area contributed by atoms with E-state index in [0.29, 0.717) is 5.02 Å². The lowest BCUT2D eigenvalue weighted by Crippen LogP contribution is -2.29. The van der Waals surface area contributed by atoms with Gasteiger partial charge in [-0.3, -0.25) is 4.68 Å². The summed E-state index contributed by atoms with van der Waals surface area (Å²) in [4.78, 5) is 21.0. The van der Waals surface area contributed by atoms with Gasteiger partial charge in [-0.1, -0.05) is 29.8 Å². The Hall–Kier alpha value is -3.56. The summed E-state index contributed by atoms with van der Waals surface area (Å²) < 4.78 is 14.9. The Kier molecular flexibility index (Phi) is 8.61. The average molecular weight is 643 g/mol. The van der Waals surface area contributed by atoms with Crippen LogP contribution in [0.5, 0.6) is 0 Å². The molecule has 0 saturated heterocycles. The fourth-order valence-corrected chi connectivity index (χ4v) is 7.24. The molecule has 0 bridgehead atoms. The molecule has 1 aliphatic rings. The number of halogens is 1. The highest BCUT2D eigenvalue weighted by Crippen LogP contribution is 2.45. The number of rotatable bonds is 7. The van der Waals surface area contributed by atoms with Crippen molar-refractivity contribution in [3.05, 3.63) is 76.5 Å². The van der Waals surface area contributed by atoms with Crippen LogP contribution < -0.4 is 0 Å². The number of nitrogens with zero attached hydrogens (tertiary/aromatic N) is 4. The highest BCUT2D eigenvalue weighted by molar-refractivity contribution is 7.22. The van der Waals surface area contributed by atoms with Gasteiger partial charge in [-0.15, -0.1) is 11.3 Å². The quantitative estimate of drug-likeness (QED) is 0.166. The van der Waals surface area contributed by atoms with Crippen molar-refractivity contribution in [3.63, 3.8) is 0 Å². The summed E-state index contributed by atoms with van der Waals surface area (Å²) in [6.07, 6.45) is 2.35. The van der Waals surface area contributed by atoms with Gasteiger partial charge in [-0.25, -0.2) is 9.78 Å². The number of aryl methyl sites for hydroxylation is 2. The Morgan fingerprint density at radius 1 is 1.09 bits per heavy atom. The topological polar surface area (TPSA) is 69.5 Å². The summed E-state index contributed by atoms with van der Waals surface area (Å²) in [6.45, 7) is 11.9. The molecule has 0 unspecified atom stereocenters. The Balaban J connectivity index is 1.56. The van der Waals surface area contributed by atoms with Gasteiger partial charge in [0.1, 0.15) is 5.01 Å². The number of carbonyl (C=O) groups excluding carboxylic acids is 1. The largest absolute Gasteiger partial charge is 0.464 e. The van der Waals surface area contributed by atoms with Crippen LogP contribution in [0, 0.1) is 6.92 Å². The molecule has 0 fully saturated rings. The number of likely N-dealkylation sites (N-methyl/N-ethyl adjacent to an activating group) is 1. The molecule has 3 aromatic carbocycles. The van der Waals surface area contributed by atoms with Crippen LogP contribution in [0.15, 0.2) is 54.6 Å².